The van der Waals surface area contributed by atoms with Gasteiger partial charge in [0.2, 0.25) is 0 Å². The molecule has 18 heavy (non-hydrogen) atoms. The van der Waals surface area contributed by atoms with E-state index in [-0.39, 0.29) is 6.42 Å². The van der Waals surface area contributed by atoms with Crippen LogP contribution in [0.2, 0.25) is 0 Å². The molecule has 0 aromatic heterocycles. The largest absolute Gasteiger partial charge is 0.481 e. The van der Waals surface area contributed by atoms with Gasteiger partial charge in [0.05, 0.1) is 0 Å². The zero-order valence-corrected chi connectivity index (χ0v) is 12.5. The van der Waals surface area contributed by atoms with Gasteiger partial charge in [-0.25, -0.2) is 0 Å². The van der Waals surface area contributed by atoms with Crippen LogP contribution in [0.1, 0.15) is 37.3 Å². The van der Waals surface area contributed by atoms with Crippen LogP contribution in [0.25, 0.3) is 0 Å². The first kappa shape index (κ1) is 13.8. The second-order valence-corrected chi connectivity index (χ2v) is 5.99. The minimum Gasteiger partial charge on any atom is -0.481 e. The number of hydrogen-bond acceptors (Lipinski definition) is 2. The summed E-state index contributed by atoms with van der Waals surface area (Å²) < 4.78 is 1.26. The molecule has 0 saturated carbocycles. The summed E-state index contributed by atoms with van der Waals surface area (Å²) in [6.45, 7) is 1.99. The molecule has 1 fully saturated rings. The Morgan fingerprint density at radius 3 is 2.78 bits per heavy atom. The van der Waals surface area contributed by atoms with Gasteiger partial charge in [-0.15, -0.1) is 0 Å². The molecule has 98 valence electrons. The van der Waals surface area contributed by atoms with Crippen molar-refractivity contribution in [2.75, 3.05) is 13.1 Å². The van der Waals surface area contributed by atoms with Crippen molar-refractivity contribution in [2.45, 2.75) is 31.7 Å². The van der Waals surface area contributed by atoms with E-state index < -0.39 is 5.97 Å². The summed E-state index contributed by atoms with van der Waals surface area (Å²) in [6.07, 6.45) is 3.42. The fourth-order valence-electron chi connectivity index (χ4n) is 2.59. The predicted molar refractivity (Wildman–Crippen MR) is 79.6 cm³/mol. The van der Waals surface area contributed by atoms with Gasteiger partial charge in [0.1, 0.15) is 0 Å². The van der Waals surface area contributed by atoms with Crippen molar-refractivity contribution in [1.29, 1.82) is 0 Å². The maximum Gasteiger partial charge on any atom is 0.303 e. The number of nitrogens with zero attached hydrogens (tertiary/aromatic N) is 1. The molecule has 4 heteroatoms. The Morgan fingerprint density at radius 2 is 2.11 bits per heavy atom. The van der Waals surface area contributed by atoms with Crippen LogP contribution in [-0.4, -0.2) is 29.1 Å². The van der Waals surface area contributed by atoms with E-state index in [1.807, 2.05) is 0 Å². The highest BCUT2D eigenvalue weighted by atomic mass is 127. The Morgan fingerprint density at radius 1 is 1.39 bits per heavy atom. The molecule has 0 spiro atoms. The van der Waals surface area contributed by atoms with Crippen molar-refractivity contribution in [1.82, 2.24) is 4.90 Å². The number of halogens is 1. The van der Waals surface area contributed by atoms with Crippen molar-refractivity contribution >= 4 is 28.6 Å². The third-order valence-electron chi connectivity index (χ3n) is 3.45. The lowest BCUT2D eigenvalue weighted by atomic mass is 10.0. The number of carboxylic acids is 1. The van der Waals surface area contributed by atoms with Crippen LogP contribution in [0.4, 0.5) is 0 Å². The third-order valence-corrected chi connectivity index (χ3v) is 4.17. The van der Waals surface area contributed by atoms with Gasteiger partial charge in [-0.1, -0.05) is 12.1 Å². The molecule has 3 nitrogen and oxygen atoms in total. The van der Waals surface area contributed by atoms with E-state index in [4.69, 9.17) is 5.11 Å². The molecule has 0 bridgehead atoms. The lowest BCUT2D eigenvalue weighted by Gasteiger charge is -2.24. The molecule has 0 aliphatic carbocycles. The number of benzene rings is 1. The second kappa shape index (κ2) is 6.52. The van der Waals surface area contributed by atoms with Crippen LogP contribution in [0.15, 0.2) is 24.3 Å². The van der Waals surface area contributed by atoms with Gasteiger partial charge < -0.3 is 5.11 Å². The highest BCUT2D eigenvalue weighted by Gasteiger charge is 2.25. The molecule has 1 aromatic rings. The standard InChI is InChI=1S/C14H18INO2/c15-12-7-5-11(6-8-12)13-3-1-9-16(13)10-2-4-14(17)18/h5-8,13H,1-4,9-10H2,(H,17,18). The van der Waals surface area contributed by atoms with Crippen molar-refractivity contribution in [2.24, 2.45) is 0 Å². The number of aliphatic carboxylic acids is 1. The normalized spacial score (nSPS) is 20.2. The van der Waals surface area contributed by atoms with Crippen LogP contribution in [-0.2, 0) is 4.79 Å². The number of rotatable bonds is 5. The Kier molecular flexibility index (Phi) is 5.00. The van der Waals surface area contributed by atoms with Gasteiger partial charge in [0, 0.05) is 16.0 Å². The SMILES string of the molecule is O=C(O)CCCN1CCCC1c1ccc(I)cc1. The molecule has 0 radical (unpaired) electrons. The van der Waals surface area contributed by atoms with Gasteiger partial charge in [0.25, 0.3) is 0 Å². The number of carbonyl (C=O) groups is 1. The summed E-state index contributed by atoms with van der Waals surface area (Å²) in [4.78, 5) is 13.0. The molecule has 0 amide bonds. The van der Waals surface area contributed by atoms with E-state index in [9.17, 15) is 4.79 Å². The lowest BCUT2D eigenvalue weighted by Crippen LogP contribution is -2.24. The maximum atomic E-state index is 10.5. The van der Waals surface area contributed by atoms with E-state index in [2.05, 4.69) is 51.8 Å². The van der Waals surface area contributed by atoms with E-state index in [0.717, 1.165) is 19.5 Å². The zero-order valence-electron chi connectivity index (χ0n) is 10.3. The molecule has 1 heterocycles. The van der Waals surface area contributed by atoms with Crippen LogP contribution < -0.4 is 0 Å². The molecule has 1 aliphatic rings. The minimum atomic E-state index is -0.694. The fraction of sp³-hybridized carbons (Fsp3) is 0.500. The van der Waals surface area contributed by atoms with Crippen molar-refractivity contribution < 1.29 is 9.90 Å². The zero-order chi connectivity index (χ0) is 13.0. The Bertz CT molecular complexity index is 405. The second-order valence-electron chi connectivity index (χ2n) is 4.74. The van der Waals surface area contributed by atoms with Crippen LogP contribution >= 0.6 is 22.6 Å². The predicted octanol–water partition coefficient (Wildman–Crippen LogP) is 3.29. The Balaban J connectivity index is 1.94. The van der Waals surface area contributed by atoms with Crippen molar-refractivity contribution in [3.63, 3.8) is 0 Å². The molecule has 1 aliphatic heterocycles. The van der Waals surface area contributed by atoms with Gasteiger partial charge >= 0.3 is 5.97 Å². The fourth-order valence-corrected chi connectivity index (χ4v) is 2.95. The van der Waals surface area contributed by atoms with E-state index in [1.165, 1.54) is 22.0 Å². The minimum absolute atomic E-state index is 0.274. The molecular weight excluding hydrogens is 341 g/mol. The molecular formula is C14H18INO2. The van der Waals surface area contributed by atoms with Crippen molar-refractivity contribution in [3.05, 3.63) is 33.4 Å². The van der Waals surface area contributed by atoms with E-state index in [0.29, 0.717) is 6.04 Å². The summed E-state index contributed by atoms with van der Waals surface area (Å²) in [6, 6.07) is 9.16. The van der Waals surface area contributed by atoms with Crippen LogP contribution in [0.3, 0.4) is 0 Å². The van der Waals surface area contributed by atoms with Crippen LogP contribution in [0.5, 0.6) is 0 Å². The van der Waals surface area contributed by atoms with Gasteiger partial charge in [-0.2, -0.15) is 0 Å². The third kappa shape index (κ3) is 3.68. The van der Waals surface area contributed by atoms with E-state index >= 15 is 0 Å². The van der Waals surface area contributed by atoms with E-state index in [1.54, 1.807) is 0 Å². The summed E-state index contributed by atoms with van der Waals surface area (Å²) in [5, 5.41) is 8.68. The first-order chi connectivity index (χ1) is 8.66. The molecule has 1 aromatic carbocycles. The summed E-state index contributed by atoms with van der Waals surface area (Å²) in [5.41, 5.74) is 1.36. The number of hydrogen-bond donors (Lipinski definition) is 1. The first-order valence-electron chi connectivity index (χ1n) is 6.38. The molecule has 1 N–H and O–H groups in total. The van der Waals surface area contributed by atoms with Gasteiger partial charge in [-0.3, -0.25) is 9.69 Å². The molecule has 1 saturated heterocycles. The summed E-state index contributed by atoms with van der Waals surface area (Å²) in [5.74, 6) is -0.694. The van der Waals surface area contributed by atoms with Gasteiger partial charge in [0.15, 0.2) is 0 Å². The topological polar surface area (TPSA) is 40.5 Å². The number of carboxylic acid groups (broad SMARTS) is 1. The summed E-state index contributed by atoms with van der Waals surface area (Å²) >= 11 is 2.32. The maximum absolute atomic E-state index is 10.5. The lowest BCUT2D eigenvalue weighted by molar-refractivity contribution is -0.137. The van der Waals surface area contributed by atoms with Gasteiger partial charge in [-0.05, 0) is 72.6 Å². The van der Waals surface area contributed by atoms with Crippen LogP contribution in [0, 0.1) is 3.57 Å². The average Bonchev–Trinajstić information content (AvgIpc) is 2.78. The smallest absolute Gasteiger partial charge is 0.303 e. The quantitative estimate of drug-likeness (QED) is 0.821. The van der Waals surface area contributed by atoms with Crippen molar-refractivity contribution in [3.8, 4) is 0 Å². The Labute approximate surface area is 121 Å². The monoisotopic (exact) mass is 359 g/mol. The Hall–Kier alpha value is -0.620. The number of likely N-dealkylation sites (tertiary alicyclic amines) is 1. The molecule has 1 atom stereocenters. The molecule has 2 rings (SSSR count). The first-order valence-corrected chi connectivity index (χ1v) is 7.46. The summed E-state index contributed by atoms with van der Waals surface area (Å²) in [7, 11) is 0. The molecule has 1 unspecified atom stereocenters. The average molecular weight is 359 g/mol. The highest BCUT2D eigenvalue weighted by molar-refractivity contribution is 14.1. The highest BCUT2D eigenvalue weighted by Crippen LogP contribution is 2.32.